The van der Waals surface area contributed by atoms with Crippen molar-refractivity contribution in [3.8, 4) is 5.75 Å². The highest BCUT2D eigenvalue weighted by Gasteiger charge is 2.16. The van der Waals surface area contributed by atoms with Crippen LogP contribution in [0.2, 0.25) is 0 Å². The Hall–Kier alpha value is -0.730. The normalized spacial score (nSPS) is 13.3. The van der Waals surface area contributed by atoms with Crippen LogP contribution in [0.4, 0.5) is 0 Å². The molecular formula is C16H26ClNO. The number of methoxy groups -OCH3 is 1. The molecule has 1 N–H and O–H groups in total. The number of ether oxygens (including phenoxy) is 1. The molecule has 2 nitrogen and oxygen atoms in total. The predicted octanol–water partition coefficient (Wildman–Crippen LogP) is 3.87. The zero-order chi connectivity index (χ0) is 14.3. The molecule has 0 aliphatic heterocycles. The third-order valence-electron chi connectivity index (χ3n) is 2.95. The van der Waals surface area contributed by atoms with Gasteiger partial charge in [0.15, 0.2) is 0 Å². The van der Waals surface area contributed by atoms with Gasteiger partial charge < -0.3 is 10.1 Å². The number of alkyl halides is 1. The fourth-order valence-electron chi connectivity index (χ4n) is 2.02. The summed E-state index contributed by atoms with van der Waals surface area (Å²) >= 11 is 6.31. The second kappa shape index (κ2) is 7.76. The Kier molecular flexibility index (Phi) is 6.67. The van der Waals surface area contributed by atoms with Crippen molar-refractivity contribution in [3.63, 3.8) is 0 Å². The average molecular weight is 284 g/mol. The summed E-state index contributed by atoms with van der Waals surface area (Å²) in [5.74, 6) is 0.905. The van der Waals surface area contributed by atoms with Crippen molar-refractivity contribution in [1.82, 2.24) is 5.32 Å². The summed E-state index contributed by atoms with van der Waals surface area (Å²) in [4.78, 5) is 0. The Bertz CT molecular complexity index is 356. The molecule has 0 saturated carbocycles. The van der Waals surface area contributed by atoms with E-state index < -0.39 is 0 Å². The maximum atomic E-state index is 6.31. The van der Waals surface area contributed by atoms with E-state index in [9.17, 15) is 0 Å². The zero-order valence-electron chi connectivity index (χ0n) is 12.5. The van der Waals surface area contributed by atoms with Gasteiger partial charge >= 0.3 is 0 Å². The van der Waals surface area contributed by atoms with Gasteiger partial charge in [-0.2, -0.15) is 0 Å². The van der Waals surface area contributed by atoms with Gasteiger partial charge in [-0.05, 0) is 42.5 Å². The van der Waals surface area contributed by atoms with E-state index in [0.717, 1.165) is 31.7 Å². The van der Waals surface area contributed by atoms with Crippen molar-refractivity contribution in [2.75, 3.05) is 20.2 Å². The Morgan fingerprint density at radius 3 is 2.37 bits per heavy atom. The molecule has 1 atom stereocenters. The molecule has 0 amide bonds. The summed E-state index contributed by atoms with van der Waals surface area (Å²) in [6, 6.07) is 8.21. The highest BCUT2D eigenvalue weighted by atomic mass is 35.5. The molecule has 0 spiro atoms. The molecule has 0 heterocycles. The molecule has 19 heavy (non-hydrogen) atoms. The van der Waals surface area contributed by atoms with E-state index in [4.69, 9.17) is 16.3 Å². The molecule has 1 unspecified atom stereocenters. The molecule has 0 aliphatic rings. The van der Waals surface area contributed by atoms with Crippen molar-refractivity contribution < 1.29 is 4.74 Å². The van der Waals surface area contributed by atoms with Crippen LogP contribution in [0.1, 0.15) is 32.8 Å². The lowest BCUT2D eigenvalue weighted by Crippen LogP contribution is -2.28. The summed E-state index contributed by atoms with van der Waals surface area (Å²) < 4.78 is 5.14. The van der Waals surface area contributed by atoms with E-state index in [1.807, 2.05) is 12.1 Å². The SMILES string of the molecule is COc1ccc(CCNCC(Cl)CC(C)(C)C)cc1. The van der Waals surface area contributed by atoms with Gasteiger partial charge in [-0.25, -0.2) is 0 Å². The monoisotopic (exact) mass is 283 g/mol. The van der Waals surface area contributed by atoms with E-state index in [1.165, 1.54) is 5.56 Å². The fourth-order valence-corrected chi connectivity index (χ4v) is 2.59. The molecule has 1 aromatic carbocycles. The molecule has 1 aromatic rings. The average Bonchev–Trinajstić information content (AvgIpc) is 2.33. The second-order valence-corrected chi connectivity index (χ2v) is 6.78. The quantitative estimate of drug-likeness (QED) is 0.606. The Balaban J connectivity index is 2.19. The first-order valence-corrected chi connectivity index (χ1v) is 7.32. The van der Waals surface area contributed by atoms with Gasteiger partial charge in [-0.3, -0.25) is 0 Å². The molecule has 0 saturated heterocycles. The summed E-state index contributed by atoms with van der Waals surface area (Å²) in [5, 5.41) is 3.63. The molecule has 0 fully saturated rings. The smallest absolute Gasteiger partial charge is 0.118 e. The van der Waals surface area contributed by atoms with Crippen LogP contribution in [0.3, 0.4) is 0 Å². The highest BCUT2D eigenvalue weighted by molar-refractivity contribution is 6.20. The third kappa shape index (κ3) is 7.44. The molecule has 0 aliphatic carbocycles. The summed E-state index contributed by atoms with van der Waals surface area (Å²) in [6.45, 7) is 8.49. The minimum absolute atomic E-state index is 0.205. The summed E-state index contributed by atoms with van der Waals surface area (Å²) in [6.07, 6.45) is 2.05. The number of nitrogens with one attached hydrogen (secondary N) is 1. The van der Waals surface area contributed by atoms with Crippen molar-refractivity contribution >= 4 is 11.6 Å². The van der Waals surface area contributed by atoms with E-state index in [1.54, 1.807) is 7.11 Å². The van der Waals surface area contributed by atoms with Gasteiger partial charge in [-0.1, -0.05) is 32.9 Å². The van der Waals surface area contributed by atoms with Gasteiger partial charge in [0.2, 0.25) is 0 Å². The van der Waals surface area contributed by atoms with Crippen LogP contribution in [0.5, 0.6) is 5.75 Å². The van der Waals surface area contributed by atoms with Crippen molar-refractivity contribution in [2.24, 2.45) is 5.41 Å². The van der Waals surface area contributed by atoms with Crippen molar-refractivity contribution in [3.05, 3.63) is 29.8 Å². The Morgan fingerprint density at radius 1 is 1.21 bits per heavy atom. The van der Waals surface area contributed by atoms with Crippen molar-refractivity contribution in [1.29, 1.82) is 0 Å². The maximum absolute atomic E-state index is 6.31. The van der Waals surface area contributed by atoms with E-state index in [-0.39, 0.29) is 5.38 Å². The number of hydrogen-bond acceptors (Lipinski definition) is 2. The van der Waals surface area contributed by atoms with Gasteiger partial charge in [0, 0.05) is 11.9 Å². The van der Waals surface area contributed by atoms with Gasteiger partial charge in [0.1, 0.15) is 5.75 Å². The molecule has 108 valence electrons. The molecule has 0 aromatic heterocycles. The summed E-state index contributed by atoms with van der Waals surface area (Å²) in [5.41, 5.74) is 1.61. The van der Waals surface area contributed by atoms with Crippen molar-refractivity contribution in [2.45, 2.75) is 39.0 Å². The minimum atomic E-state index is 0.205. The Labute approximate surface area is 122 Å². The van der Waals surface area contributed by atoms with Crippen LogP contribution in [0, 0.1) is 5.41 Å². The molecule has 0 radical (unpaired) electrons. The van der Waals surface area contributed by atoms with Crippen LogP contribution in [0.25, 0.3) is 0 Å². The Morgan fingerprint density at radius 2 is 1.84 bits per heavy atom. The lowest BCUT2D eigenvalue weighted by atomic mass is 9.90. The largest absolute Gasteiger partial charge is 0.497 e. The second-order valence-electron chi connectivity index (χ2n) is 6.16. The third-order valence-corrected chi connectivity index (χ3v) is 3.26. The minimum Gasteiger partial charge on any atom is -0.497 e. The van der Waals surface area contributed by atoms with E-state index >= 15 is 0 Å². The zero-order valence-corrected chi connectivity index (χ0v) is 13.3. The maximum Gasteiger partial charge on any atom is 0.118 e. The van der Waals surface area contributed by atoms with E-state index in [2.05, 4.69) is 38.2 Å². The van der Waals surface area contributed by atoms with E-state index in [0.29, 0.717) is 5.41 Å². The van der Waals surface area contributed by atoms with Crippen LogP contribution >= 0.6 is 11.6 Å². The molecule has 0 bridgehead atoms. The van der Waals surface area contributed by atoms with Gasteiger partial charge in [0.05, 0.1) is 7.11 Å². The fraction of sp³-hybridized carbons (Fsp3) is 0.625. The number of rotatable bonds is 7. The number of benzene rings is 1. The number of hydrogen-bond donors (Lipinski definition) is 1. The van der Waals surface area contributed by atoms with Gasteiger partial charge in [-0.15, -0.1) is 11.6 Å². The first-order valence-electron chi connectivity index (χ1n) is 6.88. The predicted molar refractivity (Wildman–Crippen MR) is 83.3 cm³/mol. The van der Waals surface area contributed by atoms with Gasteiger partial charge in [0.25, 0.3) is 0 Å². The lowest BCUT2D eigenvalue weighted by Gasteiger charge is -2.22. The van der Waals surface area contributed by atoms with Crippen LogP contribution < -0.4 is 10.1 Å². The van der Waals surface area contributed by atoms with Crippen LogP contribution in [0.15, 0.2) is 24.3 Å². The topological polar surface area (TPSA) is 21.3 Å². The highest BCUT2D eigenvalue weighted by Crippen LogP contribution is 2.23. The molecule has 1 rings (SSSR count). The lowest BCUT2D eigenvalue weighted by molar-refractivity contribution is 0.365. The first kappa shape index (κ1) is 16.3. The van der Waals surface area contributed by atoms with Crippen LogP contribution in [-0.4, -0.2) is 25.6 Å². The molecular weight excluding hydrogens is 258 g/mol. The standard InChI is InChI=1S/C16H26ClNO/c1-16(2,3)11-14(17)12-18-10-9-13-5-7-15(19-4)8-6-13/h5-8,14,18H,9-12H2,1-4H3. The molecule has 3 heteroatoms. The first-order chi connectivity index (χ1) is 8.90. The number of halogens is 1. The van der Waals surface area contributed by atoms with Crippen LogP contribution in [-0.2, 0) is 6.42 Å². The summed E-state index contributed by atoms with van der Waals surface area (Å²) in [7, 11) is 1.69.